The van der Waals surface area contributed by atoms with Gasteiger partial charge in [-0.25, -0.2) is 0 Å². The largest absolute Gasteiger partial charge is 0.531 e. The first kappa shape index (κ1) is 18.2. The van der Waals surface area contributed by atoms with Crippen molar-refractivity contribution >= 4 is 37.9 Å². The number of aromatic amines is 1. The summed E-state index contributed by atoms with van der Waals surface area (Å²) in [6.07, 6.45) is 3.03. The van der Waals surface area contributed by atoms with Gasteiger partial charge in [0, 0.05) is 20.6 Å². The van der Waals surface area contributed by atoms with E-state index >= 15 is 0 Å². The molecule has 0 fully saturated rings. The smallest absolute Gasteiger partial charge is 0.244 e. The van der Waals surface area contributed by atoms with Crippen molar-refractivity contribution in [2.75, 3.05) is 13.6 Å². The second-order valence-corrected chi connectivity index (χ2v) is 11.2. The van der Waals surface area contributed by atoms with Crippen LogP contribution in [0, 0.1) is 4.77 Å². The molecule has 0 atom stereocenters. The molecule has 0 amide bonds. The van der Waals surface area contributed by atoms with Gasteiger partial charge < -0.3 is 20.0 Å². The Kier molecular flexibility index (Phi) is 6.89. The molecule has 1 aromatic rings. The number of hydrogen-bond acceptors (Lipinski definition) is 3. The summed E-state index contributed by atoms with van der Waals surface area (Å²) in [4.78, 5) is 3.26. The predicted octanol–water partition coefficient (Wildman–Crippen LogP) is 2.71. The average Bonchev–Trinajstić information content (AvgIpc) is 2.64. The van der Waals surface area contributed by atoms with Gasteiger partial charge in [0.1, 0.15) is 0 Å². The number of imidazole rings is 1. The van der Waals surface area contributed by atoms with Crippen molar-refractivity contribution < 1.29 is 4.43 Å². The summed E-state index contributed by atoms with van der Waals surface area (Å²) in [5.74, 6) is 0.901. The van der Waals surface area contributed by atoms with Gasteiger partial charge in [-0.3, -0.25) is 4.57 Å². The minimum atomic E-state index is -1.65. The fourth-order valence-electron chi connectivity index (χ4n) is 1.87. The second kappa shape index (κ2) is 7.95. The lowest BCUT2D eigenvalue weighted by Gasteiger charge is -2.20. The van der Waals surface area contributed by atoms with E-state index in [1.54, 1.807) is 0 Å². The van der Waals surface area contributed by atoms with Crippen molar-refractivity contribution in [2.45, 2.75) is 38.9 Å². The molecular formula is C13H26N4OS2Si. The van der Waals surface area contributed by atoms with Crippen LogP contribution >= 0.6 is 24.4 Å². The number of nitrogens with one attached hydrogen (secondary N) is 3. The summed E-state index contributed by atoms with van der Waals surface area (Å²) >= 11 is 10.3. The van der Waals surface area contributed by atoms with E-state index in [4.69, 9.17) is 28.9 Å². The maximum absolute atomic E-state index is 6.15. The zero-order chi connectivity index (χ0) is 16.0. The molecule has 0 aliphatic rings. The van der Waals surface area contributed by atoms with E-state index in [0.29, 0.717) is 9.88 Å². The Morgan fingerprint density at radius 1 is 1.33 bits per heavy atom. The molecule has 0 spiro atoms. The van der Waals surface area contributed by atoms with Gasteiger partial charge in [0.25, 0.3) is 0 Å². The molecule has 1 rings (SSSR count). The monoisotopic (exact) mass is 346 g/mol. The molecule has 0 bridgehead atoms. The highest BCUT2D eigenvalue weighted by atomic mass is 32.1. The minimum absolute atomic E-state index is 0.692. The fraction of sp³-hybridized carbons (Fsp3) is 0.692. The number of aromatic nitrogens is 2. The van der Waals surface area contributed by atoms with Gasteiger partial charge in [0.2, 0.25) is 14.2 Å². The Morgan fingerprint density at radius 3 is 2.57 bits per heavy atom. The number of unbranched alkanes of at least 4 members (excludes halogenated alkanes) is 1. The molecule has 3 N–H and O–H groups in total. The molecule has 1 heterocycles. The summed E-state index contributed by atoms with van der Waals surface area (Å²) in [5, 5.41) is 6.74. The Morgan fingerprint density at radius 2 is 2.00 bits per heavy atom. The normalized spacial score (nSPS) is 11.3. The Hall–Kier alpha value is -0.863. The first-order chi connectivity index (χ1) is 9.74. The zero-order valence-electron chi connectivity index (χ0n) is 13.5. The standard InChI is InChI=1S/C13H26N4OS2Si/c1-14-12(19)15-9-7-6-8-10-11(18-21(3,4)5)17(2)13(20)16-10/h6-9H2,1-5H3,(H,16,20)(H2,14,15,19). The fourth-order valence-corrected chi connectivity index (χ4v) is 3.02. The highest BCUT2D eigenvalue weighted by Gasteiger charge is 2.21. The van der Waals surface area contributed by atoms with Gasteiger partial charge in [-0.1, -0.05) is 0 Å². The molecule has 8 heteroatoms. The molecule has 0 aromatic carbocycles. The van der Waals surface area contributed by atoms with Gasteiger partial charge in [-0.2, -0.15) is 0 Å². The van der Waals surface area contributed by atoms with Crippen LogP contribution in [0.3, 0.4) is 0 Å². The van der Waals surface area contributed by atoms with E-state index < -0.39 is 8.32 Å². The first-order valence-corrected chi connectivity index (χ1v) is 11.4. The number of rotatable bonds is 7. The number of aryl methyl sites for hydroxylation is 1. The third-order valence-corrected chi connectivity index (χ3v) is 4.42. The number of thiocarbonyl (C=S) groups is 1. The lowest BCUT2D eigenvalue weighted by atomic mass is 10.2. The Labute approximate surface area is 138 Å². The van der Waals surface area contributed by atoms with Crippen LogP contribution in [0.5, 0.6) is 5.88 Å². The van der Waals surface area contributed by atoms with Gasteiger partial charge in [0.05, 0.1) is 5.69 Å². The van der Waals surface area contributed by atoms with Crippen molar-refractivity contribution in [3.05, 3.63) is 10.5 Å². The van der Waals surface area contributed by atoms with Crippen LogP contribution in [0.4, 0.5) is 0 Å². The summed E-state index contributed by atoms with van der Waals surface area (Å²) < 4.78 is 8.80. The van der Waals surface area contributed by atoms with E-state index in [2.05, 4.69) is 35.3 Å². The van der Waals surface area contributed by atoms with Crippen molar-refractivity contribution in [3.63, 3.8) is 0 Å². The Balaban J connectivity index is 2.57. The van der Waals surface area contributed by atoms with Crippen LogP contribution in [0.15, 0.2) is 0 Å². The van der Waals surface area contributed by atoms with Gasteiger partial charge in [0.15, 0.2) is 9.88 Å². The molecule has 0 aliphatic heterocycles. The second-order valence-electron chi connectivity index (χ2n) is 5.95. The quantitative estimate of drug-likeness (QED) is 0.403. The maximum Gasteiger partial charge on any atom is 0.244 e. The van der Waals surface area contributed by atoms with Crippen LogP contribution in [0.25, 0.3) is 0 Å². The number of nitrogens with zero attached hydrogens (tertiary/aromatic N) is 1. The van der Waals surface area contributed by atoms with Gasteiger partial charge in [-0.05, 0) is 63.3 Å². The molecule has 0 radical (unpaired) electrons. The highest BCUT2D eigenvalue weighted by molar-refractivity contribution is 7.80. The van der Waals surface area contributed by atoms with Crippen molar-refractivity contribution in [3.8, 4) is 5.88 Å². The SMILES string of the molecule is CNC(=S)NCCCCc1[nH]c(=S)n(C)c1O[Si](C)(C)C. The van der Waals surface area contributed by atoms with E-state index in [1.165, 1.54) is 0 Å². The molecule has 0 aliphatic carbocycles. The van der Waals surface area contributed by atoms with Gasteiger partial charge in [-0.15, -0.1) is 0 Å². The Bertz CT molecular complexity index is 533. The third-order valence-electron chi connectivity index (χ3n) is 2.89. The molecular weight excluding hydrogens is 320 g/mol. The molecule has 21 heavy (non-hydrogen) atoms. The number of H-pyrrole nitrogens is 1. The maximum atomic E-state index is 6.15. The predicted molar refractivity (Wildman–Crippen MR) is 97.2 cm³/mol. The lowest BCUT2D eigenvalue weighted by Crippen LogP contribution is -2.33. The first-order valence-electron chi connectivity index (χ1n) is 7.17. The van der Waals surface area contributed by atoms with Crippen LogP contribution in [0.1, 0.15) is 18.5 Å². The van der Waals surface area contributed by atoms with Crippen LogP contribution in [-0.2, 0) is 13.5 Å². The van der Waals surface area contributed by atoms with E-state index in [0.717, 1.165) is 37.4 Å². The molecule has 0 unspecified atom stereocenters. The summed E-state index contributed by atoms with van der Waals surface area (Å²) in [5.41, 5.74) is 1.10. The number of hydrogen-bond donors (Lipinski definition) is 3. The minimum Gasteiger partial charge on any atom is -0.531 e. The summed E-state index contributed by atoms with van der Waals surface area (Å²) in [6, 6.07) is 0. The summed E-state index contributed by atoms with van der Waals surface area (Å²) in [6.45, 7) is 7.40. The van der Waals surface area contributed by atoms with Gasteiger partial charge >= 0.3 is 0 Å². The third kappa shape index (κ3) is 6.19. The molecule has 5 nitrogen and oxygen atoms in total. The van der Waals surface area contributed by atoms with Crippen molar-refractivity contribution in [2.24, 2.45) is 7.05 Å². The average molecular weight is 347 g/mol. The molecule has 1 aromatic heterocycles. The topological polar surface area (TPSA) is 54.0 Å². The zero-order valence-corrected chi connectivity index (χ0v) is 16.1. The van der Waals surface area contributed by atoms with Crippen LogP contribution in [0.2, 0.25) is 19.6 Å². The molecule has 120 valence electrons. The highest BCUT2D eigenvalue weighted by Crippen LogP contribution is 2.22. The van der Waals surface area contributed by atoms with Crippen LogP contribution in [-0.4, -0.2) is 36.6 Å². The van der Waals surface area contributed by atoms with Crippen molar-refractivity contribution in [1.82, 2.24) is 20.2 Å². The van der Waals surface area contributed by atoms with E-state index in [1.807, 2.05) is 18.7 Å². The van der Waals surface area contributed by atoms with Crippen molar-refractivity contribution in [1.29, 1.82) is 0 Å². The van der Waals surface area contributed by atoms with E-state index in [9.17, 15) is 0 Å². The lowest BCUT2D eigenvalue weighted by molar-refractivity contribution is 0.497. The summed E-state index contributed by atoms with van der Waals surface area (Å²) in [7, 11) is 2.12. The van der Waals surface area contributed by atoms with Crippen LogP contribution < -0.4 is 15.1 Å². The molecule has 0 saturated heterocycles. The van der Waals surface area contributed by atoms with E-state index in [-0.39, 0.29) is 0 Å². The molecule has 0 saturated carbocycles.